The van der Waals surface area contributed by atoms with Crippen molar-refractivity contribution in [2.24, 2.45) is 11.7 Å². The van der Waals surface area contributed by atoms with Crippen molar-refractivity contribution < 1.29 is 19.4 Å². The molecule has 8 heteroatoms. The van der Waals surface area contributed by atoms with Crippen LogP contribution in [-0.4, -0.2) is 35.5 Å². The maximum absolute atomic E-state index is 11.8. The second kappa shape index (κ2) is 8.43. The van der Waals surface area contributed by atoms with Gasteiger partial charge in [0, 0.05) is 5.56 Å². The molecule has 0 spiro atoms. The molecule has 2 aromatic carbocycles. The van der Waals surface area contributed by atoms with E-state index in [1.165, 1.54) is 0 Å². The molecular weight excluding hydrogens is 426 g/mol. The topological polar surface area (TPSA) is 126 Å². The number of amidine groups is 1. The van der Waals surface area contributed by atoms with Crippen molar-refractivity contribution in [2.45, 2.75) is 18.9 Å². The van der Waals surface area contributed by atoms with Gasteiger partial charge in [0.2, 0.25) is 5.91 Å². The van der Waals surface area contributed by atoms with Crippen molar-refractivity contribution in [1.82, 2.24) is 5.32 Å². The fraction of sp³-hybridized carbons (Fsp3) is 0.250. The number of carboxylic acids is 1. The van der Waals surface area contributed by atoms with Gasteiger partial charge in [0.1, 0.15) is 18.2 Å². The van der Waals surface area contributed by atoms with Gasteiger partial charge in [-0.05, 0) is 45.6 Å². The summed E-state index contributed by atoms with van der Waals surface area (Å²) in [5.74, 6) is -1.05. The molecule has 7 nitrogen and oxygen atoms in total. The Hall–Kier alpha value is -2.87. The minimum atomic E-state index is -0.976. The summed E-state index contributed by atoms with van der Waals surface area (Å²) in [7, 11) is 0. The molecule has 1 heterocycles. The molecule has 0 aliphatic carbocycles. The van der Waals surface area contributed by atoms with Gasteiger partial charge in [-0.3, -0.25) is 15.0 Å². The molecular formula is C20H20BrN3O4. The fourth-order valence-electron chi connectivity index (χ4n) is 3.16. The van der Waals surface area contributed by atoms with E-state index in [9.17, 15) is 9.59 Å². The largest absolute Gasteiger partial charge is 0.490 e. The highest BCUT2D eigenvalue weighted by molar-refractivity contribution is 9.10. The monoisotopic (exact) mass is 445 g/mol. The van der Waals surface area contributed by atoms with Crippen molar-refractivity contribution >= 4 is 33.6 Å². The standard InChI is InChI=1S/C20H20BrN3O4/c21-16-8-13(11-1-3-12(4-2-11)19(22)23)5-6-17(16)28-10-15-7-14(9-18(25)26)20(27)24-15/h1-6,8,14-15H,7,9-10H2,(H3,22,23)(H,24,27)(H,25,26)/t14-,15-/m0/s1. The van der Waals surface area contributed by atoms with E-state index in [0.29, 0.717) is 17.7 Å². The van der Waals surface area contributed by atoms with Crippen molar-refractivity contribution in [1.29, 1.82) is 5.41 Å². The van der Waals surface area contributed by atoms with Gasteiger partial charge in [-0.15, -0.1) is 0 Å². The third-order valence-corrected chi connectivity index (χ3v) is 5.23. The molecule has 0 aromatic heterocycles. The van der Waals surface area contributed by atoms with Crippen LogP contribution in [-0.2, 0) is 9.59 Å². The number of ether oxygens (including phenoxy) is 1. The average molecular weight is 446 g/mol. The third-order valence-electron chi connectivity index (χ3n) is 4.61. The number of nitrogens with two attached hydrogens (primary N) is 1. The van der Waals surface area contributed by atoms with Crippen molar-refractivity contribution in [3.8, 4) is 16.9 Å². The molecule has 0 bridgehead atoms. The quantitative estimate of drug-likeness (QED) is 0.385. The molecule has 1 saturated heterocycles. The normalized spacial score (nSPS) is 18.5. The van der Waals surface area contributed by atoms with Crippen molar-refractivity contribution in [2.75, 3.05) is 6.61 Å². The van der Waals surface area contributed by atoms with E-state index in [0.717, 1.165) is 15.6 Å². The number of benzene rings is 2. The lowest BCUT2D eigenvalue weighted by Gasteiger charge is -2.14. The Morgan fingerprint density at radius 1 is 1.25 bits per heavy atom. The molecule has 1 amide bonds. The average Bonchev–Trinajstić information content (AvgIpc) is 2.99. The highest BCUT2D eigenvalue weighted by Crippen LogP contribution is 2.31. The number of hydrogen-bond donors (Lipinski definition) is 4. The zero-order valence-electron chi connectivity index (χ0n) is 14.9. The van der Waals surface area contributed by atoms with E-state index in [1.807, 2.05) is 30.3 Å². The minimum Gasteiger partial charge on any atom is -0.490 e. The van der Waals surface area contributed by atoms with Gasteiger partial charge in [0.25, 0.3) is 0 Å². The highest BCUT2D eigenvalue weighted by atomic mass is 79.9. The molecule has 28 heavy (non-hydrogen) atoms. The van der Waals surface area contributed by atoms with E-state index in [4.69, 9.17) is 21.0 Å². The summed E-state index contributed by atoms with van der Waals surface area (Å²) in [6, 6.07) is 12.9. The predicted molar refractivity (Wildman–Crippen MR) is 108 cm³/mol. The molecule has 1 aliphatic rings. The molecule has 5 N–H and O–H groups in total. The first-order valence-electron chi connectivity index (χ1n) is 8.73. The van der Waals surface area contributed by atoms with E-state index >= 15 is 0 Å². The van der Waals surface area contributed by atoms with Crippen LogP contribution in [0.2, 0.25) is 0 Å². The molecule has 2 aromatic rings. The maximum Gasteiger partial charge on any atom is 0.304 e. The first-order chi connectivity index (χ1) is 13.3. The van der Waals surface area contributed by atoms with E-state index in [-0.39, 0.29) is 30.8 Å². The molecule has 1 fully saturated rings. The highest BCUT2D eigenvalue weighted by Gasteiger charge is 2.33. The molecule has 146 valence electrons. The smallest absolute Gasteiger partial charge is 0.304 e. The van der Waals surface area contributed by atoms with Gasteiger partial charge in [-0.1, -0.05) is 30.3 Å². The van der Waals surface area contributed by atoms with Gasteiger partial charge in [0.05, 0.1) is 22.9 Å². The van der Waals surface area contributed by atoms with Crippen LogP contribution in [0.25, 0.3) is 11.1 Å². The second-order valence-electron chi connectivity index (χ2n) is 6.68. The Balaban J connectivity index is 1.62. The summed E-state index contributed by atoms with van der Waals surface area (Å²) in [5, 5.41) is 19.1. The lowest BCUT2D eigenvalue weighted by molar-refractivity contribution is -0.140. The minimum absolute atomic E-state index is 0.0288. The summed E-state index contributed by atoms with van der Waals surface area (Å²) in [6.45, 7) is 0.271. The van der Waals surface area contributed by atoms with Crippen LogP contribution in [0.5, 0.6) is 5.75 Å². The molecule has 0 saturated carbocycles. The molecule has 3 rings (SSSR count). The molecule has 2 atom stereocenters. The number of aliphatic carboxylic acids is 1. The van der Waals surface area contributed by atoms with Crippen molar-refractivity contribution in [3.63, 3.8) is 0 Å². The van der Waals surface area contributed by atoms with E-state index < -0.39 is 11.9 Å². The Morgan fingerprint density at radius 2 is 1.93 bits per heavy atom. The van der Waals surface area contributed by atoms with Crippen molar-refractivity contribution in [3.05, 3.63) is 52.5 Å². The predicted octanol–water partition coefficient (Wildman–Crippen LogP) is 2.76. The number of nitrogen functional groups attached to an aromatic ring is 1. The first kappa shape index (κ1) is 19.9. The van der Waals surface area contributed by atoms with E-state index in [1.54, 1.807) is 12.1 Å². The van der Waals surface area contributed by atoms with E-state index in [2.05, 4.69) is 21.2 Å². The molecule has 0 radical (unpaired) electrons. The van der Waals surface area contributed by atoms with Crippen LogP contribution in [0, 0.1) is 11.3 Å². The van der Waals surface area contributed by atoms with Crippen LogP contribution >= 0.6 is 15.9 Å². The van der Waals surface area contributed by atoms with Crippen LogP contribution in [0.3, 0.4) is 0 Å². The maximum atomic E-state index is 11.8. The summed E-state index contributed by atoms with van der Waals surface area (Å²) in [5.41, 5.74) is 8.11. The third kappa shape index (κ3) is 4.69. The van der Waals surface area contributed by atoms with Gasteiger partial charge in [-0.25, -0.2) is 0 Å². The Labute approximate surface area is 170 Å². The number of hydrogen-bond acceptors (Lipinski definition) is 4. The number of nitrogens with one attached hydrogen (secondary N) is 2. The zero-order valence-corrected chi connectivity index (χ0v) is 16.5. The number of amides is 1. The van der Waals surface area contributed by atoms with Crippen LogP contribution < -0.4 is 15.8 Å². The Morgan fingerprint density at radius 3 is 2.54 bits per heavy atom. The van der Waals surface area contributed by atoms with Gasteiger partial charge in [0.15, 0.2) is 0 Å². The molecule has 0 unspecified atom stereocenters. The number of carbonyl (C=O) groups is 2. The zero-order chi connectivity index (χ0) is 20.3. The lowest BCUT2D eigenvalue weighted by Crippen LogP contribution is -2.31. The summed E-state index contributed by atoms with van der Waals surface area (Å²) < 4.78 is 6.58. The second-order valence-corrected chi connectivity index (χ2v) is 7.54. The first-order valence-corrected chi connectivity index (χ1v) is 9.52. The SMILES string of the molecule is N=C(N)c1ccc(-c2ccc(OC[C@@H]3C[C@@H](CC(=O)O)C(=O)N3)c(Br)c2)cc1. The summed E-state index contributed by atoms with van der Waals surface area (Å²) in [4.78, 5) is 22.6. The van der Waals surface area contributed by atoms with Gasteiger partial charge >= 0.3 is 5.97 Å². The summed E-state index contributed by atoms with van der Waals surface area (Å²) >= 11 is 3.50. The van der Waals surface area contributed by atoms with Crippen LogP contribution in [0.4, 0.5) is 0 Å². The Bertz CT molecular complexity index is 914. The number of rotatable bonds is 7. The molecule has 1 aliphatic heterocycles. The lowest BCUT2D eigenvalue weighted by atomic mass is 10.0. The summed E-state index contributed by atoms with van der Waals surface area (Å²) in [6.07, 6.45) is 0.284. The Kier molecular flexibility index (Phi) is 5.99. The van der Waals surface area contributed by atoms with Crippen LogP contribution in [0.15, 0.2) is 46.9 Å². The van der Waals surface area contributed by atoms with Crippen LogP contribution in [0.1, 0.15) is 18.4 Å². The number of halogens is 1. The van der Waals surface area contributed by atoms with Gasteiger partial charge < -0.3 is 20.9 Å². The number of carbonyl (C=O) groups excluding carboxylic acids is 1. The van der Waals surface area contributed by atoms with Gasteiger partial charge in [-0.2, -0.15) is 0 Å². The fourth-order valence-corrected chi connectivity index (χ4v) is 3.65. The number of carboxylic acid groups (broad SMARTS) is 1.